The van der Waals surface area contributed by atoms with Crippen LogP contribution in [0.2, 0.25) is 0 Å². The van der Waals surface area contributed by atoms with Gasteiger partial charge >= 0.3 is 0 Å². The van der Waals surface area contributed by atoms with Crippen molar-refractivity contribution < 1.29 is 4.79 Å². The molecule has 1 rings (SSSR count). The minimum Gasteiger partial charge on any atom is -0.338 e. The minimum atomic E-state index is -0.00838. The van der Waals surface area contributed by atoms with Crippen LogP contribution in [0.1, 0.15) is 29.3 Å². The maximum absolute atomic E-state index is 11.8. The van der Waals surface area contributed by atoms with Gasteiger partial charge in [0, 0.05) is 25.0 Å². The number of carbonyl (C=O) groups is 1. The molecule has 6 heteroatoms. The predicted molar refractivity (Wildman–Crippen MR) is 64.5 cm³/mol. The fourth-order valence-corrected chi connectivity index (χ4v) is 1.82. The van der Waals surface area contributed by atoms with Crippen molar-refractivity contribution >= 4 is 29.7 Å². The monoisotopic (exact) mass is 249 g/mol. The highest BCUT2D eigenvalue weighted by atomic mass is 35.5. The third-order valence-electron chi connectivity index (χ3n) is 2.00. The van der Waals surface area contributed by atoms with Crippen molar-refractivity contribution in [2.24, 2.45) is 5.73 Å². The molecule has 0 aliphatic carbocycles. The molecule has 15 heavy (non-hydrogen) atoms. The van der Waals surface area contributed by atoms with E-state index < -0.39 is 0 Å². The SMILES string of the molecule is CCN(CC)C(=O)c1csc(CN)n1.Cl. The van der Waals surface area contributed by atoms with Gasteiger partial charge in [-0.15, -0.1) is 23.7 Å². The van der Waals surface area contributed by atoms with E-state index in [1.807, 2.05) is 13.8 Å². The summed E-state index contributed by atoms with van der Waals surface area (Å²) in [6, 6.07) is 0. The normalized spacial score (nSPS) is 9.53. The van der Waals surface area contributed by atoms with Crippen LogP contribution in [0.3, 0.4) is 0 Å². The Labute approximate surface area is 99.9 Å². The summed E-state index contributed by atoms with van der Waals surface area (Å²) in [5.74, 6) is -0.00838. The van der Waals surface area contributed by atoms with Gasteiger partial charge in [-0.2, -0.15) is 0 Å². The smallest absolute Gasteiger partial charge is 0.273 e. The van der Waals surface area contributed by atoms with Crippen LogP contribution >= 0.6 is 23.7 Å². The standard InChI is InChI=1S/C9H15N3OS.ClH/c1-3-12(4-2)9(13)7-6-14-8(5-10)11-7;/h6H,3-5,10H2,1-2H3;1H. The summed E-state index contributed by atoms with van der Waals surface area (Å²) in [6.45, 7) is 5.74. The molecule has 86 valence electrons. The van der Waals surface area contributed by atoms with Crippen molar-refractivity contribution in [3.05, 3.63) is 16.1 Å². The van der Waals surface area contributed by atoms with E-state index in [1.54, 1.807) is 10.3 Å². The number of carbonyl (C=O) groups excluding carboxylic acids is 1. The van der Waals surface area contributed by atoms with E-state index in [0.717, 1.165) is 5.01 Å². The Bertz CT molecular complexity index is 312. The van der Waals surface area contributed by atoms with E-state index in [2.05, 4.69) is 4.98 Å². The third kappa shape index (κ3) is 3.44. The molecule has 0 atom stereocenters. The van der Waals surface area contributed by atoms with Gasteiger partial charge in [0.05, 0.1) is 0 Å². The van der Waals surface area contributed by atoms with E-state index >= 15 is 0 Å². The zero-order valence-electron chi connectivity index (χ0n) is 8.90. The molecule has 0 saturated carbocycles. The van der Waals surface area contributed by atoms with E-state index in [4.69, 9.17) is 5.73 Å². The molecule has 1 heterocycles. The highest BCUT2D eigenvalue weighted by Crippen LogP contribution is 2.10. The second-order valence-corrected chi connectivity index (χ2v) is 3.75. The Morgan fingerprint density at radius 3 is 2.53 bits per heavy atom. The topological polar surface area (TPSA) is 59.2 Å². The summed E-state index contributed by atoms with van der Waals surface area (Å²) < 4.78 is 0. The van der Waals surface area contributed by atoms with Crippen molar-refractivity contribution in [3.63, 3.8) is 0 Å². The molecule has 0 aliphatic heterocycles. The van der Waals surface area contributed by atoms with Gasteiger partial charge in [-0.05, 0) is 13.8 Å². The van der Waals surface area contributed by atoms with Crippen molar-refractivity contribution in [1.29, 1.82) is 0 Å². The molecular formula is C9H16ClN3OS. The van der Waals surface area contributed by atoms with Gasteiger partial charge in [-0.1, -0.05) is 0 Å². The first-order valence-corrected chi connectivity index (χ1v) is 5.54. The van der Waals surface area contributed by atoms with Gasteiger partial charge in [-0.25, -0.2) is 4.98 Å². The largest absolute Gasteiger partial charge is 0.338 e. The summed E-state index contributed by atoms with van der Waals surface area (Å²) in [5, 5.41) is 2.57. The zero-order valence-corrected chi connectivity index (χ0v) is 10.5. The van der Waals surface area contributed by atoms with Crippen LogP contribution in [-0.2, 0) is 6.54 Å². The summed E-state index contributed by atoms with van der Waals surface area (Å²) in [5.41, 5.74) is 5.94. The first kappa shape index (κ1) is 14.3. The second kappa shape index (κ2) is 6.76. The van der Waals surface area contributed by atoms with Crippen molar-refractivity contribution in [3.8, 4) is 0 Å². The number of halogens is 1. The number of hydrogen-bond donors (Lipinski definition) is 1. The first-order valence-electron chi connectivity index (χ1n) is 4.66. The van der Waals surface area contributed by atoms with Gasteiger partial charge in [0.1, 0.15) is 10.7 Å². The molecule has 1 amide bonds. The summed E-state index contributed by atoms with van der Waals surface area (Å²) in [7, 11) is 0. The number of rotatable bonds is 4. The first-order chi connectivity index (χ1) is 6.72. The number of hydrogen-bond acceptors (Lipinski definition) is 4. The lowest BCUT2D eigenvalue weighted by Crippen LogP contribution is -2.30. The lowest BCUT2D eigenvalue weighted by molar-refractivity contribution is 0.0768. The molecule has 2 N–H and O–H groups in total. The van der Waals surface area contributed by atoms with Crippen LogP contribution in [0.5, 0.6) is 0 Å². The highest BCUT2D eigenvalue weighted by Gasteiger charge is 2.15. The molecule has 0 fully saturated rings. The zero-order chi connectivity index (χ0) is 10.6. The molecule has 0 aromatic carbocycles. The van der Waals surface area contributed by atoms with E-state index in [9.17, 15) is 4.79 Å². The predicted octanol–water partition coefficient (Wildman–Crippen LogP) is 1.51. The molecule has 0 bridgehead atoms. The fourth-order valence-electron chi connectivity index (χ4n) is 1.18. The highest BCUT2D eigenvalue weighted by molar-refractivity contribution is 7.09. The average Bonchev–Trinajstić information content (AvgIpc) is 2.67. The summed E-state index contributed by atoms with van der Waals surface area (Å²) in [6.07, 6.45) is 0. The van der Waals surface area contributed by atoms with Gasteiger partial charge in [0.2, 0.25) is 0 Å². The van der Waals surface area contributed by atoms with Crippen LogP contribution in [-0.4, -0.2) is 28.9 Å². The maximum atomic E-state index is 11.8. The quantitative estimate of drug-likeness (QED) is 0.880. The lowest BCUT2D eigenvalue weighted by atomic mass is 10.4. The Morgan fingerprint density at radius 2 is 2.13 bits per heavy atom. The van der Waals surface area contributed by atoms with E-state index in [0.29, 0.717) is 25.3 Å². The Balaban J connectivity index is 0.00000196. The van der Waals surface area contributed by atoms with Gasteiger partial charge in [0.15, 0.2) is 0 Å². The van der Waals surface area contributed by atoms with Crippen LogP contribution in [0, 0.1) is 0 Å². The van der Waals surface area contributed by atoms with Crippen molar-refractivity contribution in [1.82, 2.24) is 9.88 Å². The number of nitrogens with two attached hydrogens (primary N) is 1. The summed E-state index contributed by atoms with van der Waals surface area (Å²) >= 11 is 1.43. The van der Waals surface area contributed by atoms with Crippen LogP contribution in [0.4, 0.5) is 0 Å². The molecule has 4 nitrogen and oxygen atoms in total. The number of amides is 1. The number of aromatic nitrogens is 1. The third-order valence-corrected chi connectivity index (χ3v) is 2.87. The number of nitrogens with zero attached hydrogens (tertiary/aromatic N) is 2. The Morgan fingerprint density at radius 1 is 1.53 bits per heavy atom. The molecule has 0 aliphatic rings. The summed E-state index contributed by atoms with van der Waals surface area (Å²) in [4.78, 5) is 17.7. The molecule has 0 unspecified atom stereocenters. The van der Waals surface area contributed by atoms with E-state index in [1.165, 1.54) is 11.3 Å². The van der Waals surface area contributed by atoms with E-state index in [-0.39, 0.29) is 18.3 Å². The Kier molecular flexibility index (Phi) is 6.47. The molecule has 0 spiro atoms. The molecule has 1 aromatic heterocycles. The Hall–Kier alpha value is -0.650. The van der Waals surface area contributed by atoms with Crippen LogP contribution in [0.25, 0.3) is 0 Å². The van der Waals surface area contributed by atoms with Gasteiger partial charge in [-0.3, -0.25) is 4.79 Å². The van der Waals surface area contributed by atoms with Crippen molar-refractivity contribution in [2.45, 2.75) is 20.4 Å². The van der Waals surface area contributed by atoms with Gasteiger partial charge < -0.3 is 10.6 Å². The molecular weight excluding hydrogens is 234 g/mol. The average molecular weight is 250 g/mol. The minimum absolute atomic E-state index is 0. The second-order valence-electron chi connectivity index (χ2n) is 2.81. The van der Waals surface area contributed by atoms with Crippen LogP contribution < -0.4 is 5.73 Å². The maximum Gasteiger partial charge on any atom is 0.273 e. The molecule has 1 aromatic rings. The fraction of sp³-hybridized carbons (Fsp3) is 0.556. The van der Waals surface area contributed by atoms with Crippen molar-refractivity contribution in [2.75, 3.05) is 13.1 Å². The molecule has 0 radical (unpaired) electrons. The van der Waals surface area contributed by atoms with Gasteiger partial charge in [0.25, 0.3) is 5.91 Å². The number of thiazole rings is 1. The van der Waals surface area contributed by atoms with Crippen LogP contribution in [0.15, 0.2) is 5.38 Å². The molecule has 0 saturated heterocycles. The lowest BCUT2D eigenvalue weighted by Gasteiger charge is -2.16.